The van der Waals surface area contributed by atoms with Crippen molar-refractivity contribution in [3.05, 3.63) is 56.8 Å². The van der Waals surface area contributed by atoms with Crippen LogP contribution in [-0.4, -0.2) is 9.97 Å². The van der Waals surface area contributed by atoms with Gasteiger partial charge in [-0.05, 0) is 23.1 Å². The predicted octanol–water partition coefficient (Wildman–Crippen LogP) is 2.21. The number of thiazole rings is 1. The molecule has 0 aliphatic heterocycles. The Morgan fingerprint density at radius 2 is 2.17 bits per heavy atom. The maximum Gasteiger partial charge on any atom is 0.304 e. The van der Waals surface area contributed by atoms with Crippen LogP contribution >= 0.6 is 11.3 Å². The Hall–Kier alpha value is -1.85. The molecule has 0 amide bonds. The van der Waals surface area contributed by atoms with Gasteiger partial charge < -0.3 is 15.3 Å². The number of hydrogen-bond donors (Lipinski definition) is 3. The molecule has 0 unspecified atom stereocenters. The number of aromatic amines is 2. The lowest BCUT2D eigenvalue weighted by Gasteiger charge is -2.03. The second-order valence-corrected chi connectivity index (χ2v) is 5.02. The van der Waals surface area contributed by atoms with Crippen LogP contribution in [0.5, 0.6) is 0 Å². The molecule has 18 heavy (non-hydrogen) atoms. The second kappa shape index (κ2) is 4.80. The molecule has 4 nitrogen and oxygen atoms in total. The number of benzene rings is 1. The fraction of sp³-hybridized carbons (Fsp3) is 0.154. The van der Waals surface area contributed by atoms with Gasteiger partial charge in [0.15, 0.2) is 0 Å². The minimum absolute atomic E-state index is 0.000366. The zero-order chi connectivity index (χ0) is 12.4. The van der Waals surface area contributed by atoms with Crippen LogP contribution in [0.3, 0.4) is 0 Å². The van der Waals surface area contributed by atoms with Gasteiger partial charge >= 0.3 is 4.87 Å². The van der Waals surface area contributed by atoms with Gasteiger partial charge in [-0.1, -0.05) is 23.5 Å². The van der Waals surface area contributed by atoms with Gasteiger partial charge in [-0.15, -0.1) is 0 Å². The third-order valence-corrected chi connectivity index (χ3v) is 3.55. The van der Waals surface area contributed by atoms with E-state index in [2.05, 4.69) is 39.6 Å². The van der Waals surface area contributed by atoms with E-state index in [0.29, 0.717) is 6.54 Å². The fourth-order valence-electron chi connectivity index (χ4n) is 1.95. The van der Waals surface area contributed by atoms with Crippen molar-refractivity contribution in [2.24, 2.45) is 0 Å². The summed E-state index contributed by atoms with van der Waals surface area (Å²) in [4.78, 5) is 17.0. The molecule has 2 heterocycles. The third kappa shape index (κ3) is 2.37. The van der Waals surface area contributed by atoms with Crippen LogP contribution in [0.2, 0.25) is 0 Å². The molecule has 0 bridgehead atoms. The van der Waals surface area contributed by atoms with Crippen molar-refractivity contribution in [3.8, 4) is 0 Å². The molecule has 0 radical (unpaired) electrons. The average molecular weight is 259 g/mol. The molecule has 0 atom stereocenters. The van der Waals surface area contributed by atoms with E-state index in [4.69, 9.17) is 0 Å². The van der Waals surface area contributed by atoms with Crippen LogP contribution in [0, 0.1) is 0 Å². The molecule has 2 aromatic heterocycles. The van der Waals surface area contributed by atoms with Crippen molar-refractivity contribution in [3.63, 3.8) is 0 Å². The second-order valence-electron chi connectivity index (χ2n) is 4.18. The smallest absolute Gasteiger partial charge is 0.304 e. The van der Waals surface area contributed by atoms with Crippen molar-refractivity contribution in [2.45, 2.75) is 13.1 Å². The molecule has 3 aromatic rings. The van der Waals surface area contributed by atoms with Gasteiger partial charge in [0.25, 0.3) is 0 Å². The molecule has 5 heteroatoms. The molecule has 0 saturated carbocycles. The molecule has 1 aromatic carbocycles. The quantitative estimate of drug-likeness (QED) is 0.672. The number of hydrogen-bond acceptors (Lipinski definition) is 3. The fourth-order valence-corrected chi connectivity index (χ4v) is 2.53. The normalized spacial score (nSPS) is 11.1. The van der Waals surface area contributed by atoms with Gasteiger partial charge in [-0.3, -0.25) is 4.79 Å². The maximum absolute atomic E-state index is 11.0. The lowest BCUT2D eigenvalue weighted by molar-refractivity contribution is 0.682. The highest BCUT2D eigenvalue weighted by Gasteiger charge is 1.99. The predicted molar refractivity (Wildman–Crippen MR) is 73.8 cm³/mol. The Bertz CT molecular complexity index is 710. The van der Waals surface area contributed by atoms with Gasteiger partial charge in [0.2, 0.25) is 0 Å². The highest BCUT2D eigenvalue weighted by Crippen LogP contribution is 2.13. The Kier molecular flexibility index (Phi) is 3.00. The summed E-state index contributed by atoms with van der Waals surface area (Å²) >= 11 is 1.20. The SMILES string of the molecule is O=c1[nH]c(CNCc2ccc3cc[nH]c3c2)cs1. The molecule has 3 rings (SSSR count). The summed E-state index contributed by atoms with van der Waals surface area (Å²) < 4.78 is 0. The number of rotatable bonds is 4. The van der Waals surface area contributed by atoms with E-state index in [0.717, 1.165) is 17.8 Å². The highest BCUT2D eigenvalue weighted by molar-refractivity contribution is 7.07. The summed E-state index contributed by atoms with van der Waals surface area (Å²) in [5.41, 5.74) is 3.31. The van der Waals surface area contributed by atoms with Crippen molar-refractivity contribution >= 4 is 22.2 Å². The topological polar surface area (TPSA) is 60.7 Å². The van der Waals surface area contributed by atoms with E-state index in [1.54, 1.807) is 0 Å². The van der Waals surface area contributed by atoms with Crippen LogP contribution in [0.25, 0.3) is 10.9 Å². The van der Waals surface area contributed by atoms with Crippen LogP contribution in [-0.2, 0) is 13.1 Å². The minimum Gasteiger partial charge on any atom is -0.361 e. The van der Waals surface area contributed by atoms with Crippen LogP contribution in [0.15, 0.2) is 40.6 Å². The minimum atomic E-state index is -0.000366. The first-order chi connectivity index (χ1) is 8.81. The van der Waals surface area contributed by atoms with Gasteiger partial charge in [0, 0.05) is 35.9 Å². The molecular formula is C13H13N3OS. The monoisotopic (exact) mass is 259 g/mol. The van der Waals surface area contributed by atoms with Crippen molar-refractivity contribution in [1.82, 2.24) is 15.3 Å². The average Bonchev–Trinajstić information content (AvgIpc) is 2.97. The van der Waals surface area contributed by atoms with Crippen LogP contribution in [0.1, 0.15) is 11.3 Å². The van der Waals surface area contributed by atoms with Crippen LogP contribution in [0.4, 0.5) is 0 Å². The van der Waals surface area contributed by atoms with Gasteiger partial charge in [-0.25, -0.2) is 0 Å². The zero-order valence-electron chi connectivity index (χ0n) is 9.69. The maximum atomic E-state index is 11.0. The number of nitrogens with one attached hydrogen (secondary N) is 3. The molecule has 92 valence electrons. The Morgan fingerprint density at radius 3 is 3.00 bits per heavy atom. The van der Waals surface area contributed by atoms with E-state index >= 15 is 0 Å². The molecule has 0 aliphatic carbocycles. The molecule has 0 aliphatic rings. The Labute approximate surface area is 108 Å². The lowest BCUT2D eigenvalue weighted by atomic mass is 10.1. The summed E-state index contributed by atoms with van der Waals surface area (Å²) in [7, 11) is 0. The van der Waals surface area contributed by atoms with Gasteiger partial charge in [-0.2, -0.15) is 0 Å². The molecule has 0 saturated heterocycles. The molecule has 3 N–H and O–H groups in total. The summed E-state index contributed by atoms with van der Waals surface area (Å²) in [6, 6.07) is 8.41. The van der Waals surface area contributed by atoms with Crippen molar-refractivity contribution in [2.75, 3.05) is 0 Å². The first kappa shape index (κ1) is 11.3. The van der Waals surface area contributed by atoms with E-state index in [1.165, 1.54) is 22.3 Å². The lowest BCUT2D eigenvalue weighted by Crippen LogP contribution is -2.13. The summed E-state index contributed by atoms with van der Waals surface area (Å²) in [6.07, 6.45) is 1.94. The van der Waals surface area contributed by atoms with Gasteiger partial charge in [0.05, 0.1) is 0 Å². The molecule has 0 fully saturated rings. The highest BCUT2D eigenvalue weighted by atomic mass is 32.1. The van der Waals surface area contributed by atoms with Crippen LogP contribution < -0.4 is 10.2 Å². The van der Waals surface area contributed by atoms with E-state index in [-0.39, 0.29) is 4.87 Å². The largest absolute Gasteiger partial charge is 0.361 e. The van der Waals surface area contributed by atoms with Crippen molar-refractivity contribution in [1.29, 1.82) is 0 Å². The Morgan fingerprint density at radius 1 is 1.22 bits per heavy atom. The van der Waals surface area contributed by atoms with E-state index in [1.807, 2.05) is 11.6 Å². The van der Waals surface area contributed by atoms with Gasteiger partial charge in [0.1, 0.15) is 0 Å². The standard InChI is InChI=1S/C13H13N3OS/c17-13-16-11(8-18-13)7-14-6-9-1-2-10-3-4-15-12(10)5-9/h1-5,8,14-15H,6-7H2,(H,16,17). The third-order valence-electron chi connectivity index (χ3n) is 2.83. The number of fused-ring (bicyclic) bond motifs is 1. The number of H-pyrrole nitrogens is 2. The molecule has 0 spiro atoms. The summed E-state index contributed by atoms with van der Waals surface area (Å²) in [5.74, 6) is 0. The summed E-state index contributed by atoms with van der Waals surface area (Å²) in [6.45, 7) is 1.47. The first-order valence-corrected chi connectivity index (χ1v) is 6.63. The first-order valence-electron chi connectivity index (χ1n) is 5.75. The summed E-state index contributed by atoms with van der Waals surface area (Å²) in [5, 5.41) is 6.38. The van der Waals surface area contributed by atoms with Crippen molar-refractivity contribution < 1.29 is 0 Å². The zero-order valence-corrected chi connectivity index (χ0v) is 10.5. The molecular weight excluding hydrogens is 246 g/mol. The Balaban J connectivity index is 1.64. The van der Waals surface area contributed by atoms with E-state index in [9.17, 15) is 4.79 Å². The van der Waals surface area contributed by atoms with E-state index < -0.39 is 0 Å². The number of aromatic nitrogens is 2.